The van der Waals surface area contributed by atoms with Gasteiger partial charge in [-0.05, 0) is 49.4 Å². The van der Waals surface area contributed by atoms with Gasteiger partial charge in [0.2, 0.25) is 10.0 Å². The van der Waals surface area contributed by atoms with Crippen LogP contribution in [-0.2, 0) is 19.6 Å². The molecule has 0 aromatic heterocycles. The van der Waals surface area contributed by atoms with E-state index in [4.69, 9.17) is 33.1 Å². The molecule has 0 unspecified atom stereocenters. The lowest BCUT2D eigenvalue weighted by atomic mass is 10.2. The predicted molar refractivity (Wildman–Crippen MR) is 97.8 cm³/mol. The van der Waals surface area contributed by atoms with Crippen molar-refractivity contribution >= 4 is 50.8 Å². The maximum atomic E-state index is 12.1. The van der Waals surface area contributed by atoms with Crippen LogP contribution in [0.3, 0.4) is 0 Å². The summed E-state index contributed by atoms with van der Waals surface area (Å²) in [6.07, 6.45) is -1.10. The van der Waals surface area contributed by atoms with Crippen molar-refractivity contribution in [3.05, 3.63) is 58.1 Å². The van der Waals surface area contributed by atoms with E-state index in [0.29, 0.717) is 5.69 Å². The minimum Gasteiger partial charge on any atom is -0.449 e. The van der Waals surface area contributed by atoms with E-state index in [1.807, 2.05) is 0 Å². The second kappa shape index (κ2) is 8.05. The minimum atomic E-state index is -3.82. The molecule has 2 aromatic carbocycles. The lowest BCUT2D eigenvalue weighted by molar-refractivity contribution is -0.123. The molecular formula is C16H14Cl2N2O5S. The Labute approximate surface area is 160 Å². The van der Waals surface area contributed by atoms with Gasteiger partial charge in [-0.15, -0.1) is 0 Å². The van der Waals surface area contributed by atoms with Crippen LogP contribution in [0.5, 0.6) is 0 Å². The molecule has 1 amide bonds. The molecule has 138 valence electrons. The summed E-state index contributed by atoms with van der Waals surface area (Å²) >= 11 is 11.6. The number of amides is 1. The number of hydrogen-bond acceptors (Lipinski definition) is 5. The molecule has 3 N–H and O–H groups in total. The third-order valence-electron chi connectivity index (χ3n) is 3.26. The average Bonchev–Trinajstić information content (AvgIpc) is 2.56. The molecule has 0 aliphatic carbocycles. The van der Waals surface area contributed by atoms with Crippen LogP contribution in [0.1, 0.15) is 17.3 Å². The Balaban J connectivity index is 2.00. The maximum absolute atomic E-state index is 12.1. The van der Waals surface area contributed by atoms with Crippen LogP contribution < -0.4 is 10.5 Å². The zero-order valence-corrected chi connectivity index (χ0v) is 15.7. The van der Waals surface area contributed by atoms with E-state index in [2.05, 4.69) is 5.32 Å². The summed E-state index contributed by atoms with van der Waals surface area (Å²) in [5.74, 6) is -1.34. The van der Waals surface area contributed by atoms with E-state index in [9.17, 15) is 18.0 Å². The van der Waals surface area contributed by atoms with Gasteiger partial charge in [-0.1, -0.05) is 23.2 Å². The average molecular weight is 417 g/mol. The van der Waals surface area contributed by atoms with Crippen molar-refractivity contribution in [2.24, 2.45) is 5.14 Å². The van der Waals surface area contributed by atoms with Crippen LogP contribution in [0.25, 0.3) is 0 Å². The van der Waals surface area contributed by atoms with Crippen molar-refractivity contribution in [1.29, 1.82) is 0 Å². The second-order valence-corrected chi connectivity index (χ2v) is 7.61. The number of hydrogen-bond donors (Lipinski definition) is 2. The topological polar surface area (TPSA) is 116 Å². The number of nitrogens with two attached hydrogens (primary N) is 1. The Bertz CT molecular complexity index is 946. The van der Waals surface area contributed by atoms with Crippen molar-refractivity contribution in [2.75, 3.05) is 5.32 Å². The molecule has 2 aromatic rings. The Morgan fingerprint density at radius 1 is 1.08 bits per heavy atom. The summed E-state index contributed by atoms with van der Waals surface area (Å²) in [5.41, 5.74) is 0.469. The molecule has 0 aliphatic rings. The van der Waals surface area contributed by atoms with Gasteiger partial charge in [-0.25, -0.2) is 18.4 Å². The third kappa shape index (κ3) is 5.18. The van der Waals surface area contributed by atoms with Crippen LogP contribution in [0.4, 0.5) is 5.69 Å². The lowest BCUT2D eigenvalue weighted by Crippen LogP contribution is -2.30. The molecule has 0 saturated carbocycles. The first-order chi connectivity index (χ1) is 12.1. The Kier molecular flexibility index (Phi) is 6.25. The minimum absolute atomic E-state index is 0.0883. The monoisotopic (exact) mass is 416 g/mol. The van der Waals surface area contributed by atoms with Gasteiger partial charge in [0.15, 0.2) is 6.10 Å². The number of anilines is 1. The Morgan fingerprint density at radius 3 is 2.23 bits per heavy atom. The molecule has 0 saturated heterocycles. The molecule has 2 rings (SSSR count). The highest BCUT2D eigenvalue weighted by Crippen LogP contribution is 2.23. The lowest BCUT2D eigenvalue weighted by Gasteiger charge is -2.14. The van der Waals surface area contributed by atoms with E-state index in [-0.39, 0.29) is 20.5 Å². The fourth-order valence-corrected chi connectivity index (χ4v) is 2.69. The second-order valence-electron chi connectivity index (χ2n) is 5.24. The first-order valence-electron chi connectivity index (χ1n) is 7.17. The highest BCUT2D eigenvalue weighted by Gasteiger charge is 2.20. The molecule has 10 heteroatoms. The van der Waals surface area contributed by atoms with E-state index < -0.39 is 28.0 Å². The van der Waals surface area contributed by atoms with Gasteiger partial charge in [0.25, 0.3) is 5.91 Å². The molecule has 26 heavy (non-hydrogen) atoms. The smallest absolute Gasteiger partial charge is 0.338 e. The van der Waals surface area contributed by atoms with Gasteiger partial charge >= 0.3 is 5.97 Å². The summed E-state index contributed by atoms with van der Waals surface area (Å²) in [5, 5.41) is 7.97. The normalized spacial score (nSPS) is 12.3. The van der Waals surface area contributed by atoms with Gasteiger partial charge in [0.1, 0.15) is 0 Å². The molecule has 7 nitrogen and oxygen atoms in total. The van der Waals surface area contributed by atoms with Gasteiger partial charge in [0.05, 0.1) is 20.5 Å². The number of nitrogens with one attached hydrogen (secondary N) is 1. The number of sulfonamides is 1. The standard InChI is InChI=1S/C16H14Cl2N2O5S/c1-9(25-16(22)10-2-7-13(17)14(18)8-10)15(21)20-11-3-5-12(6-4-11)26(19,23)24/h2-9H,1H3,(H,20,21)(H2,19,23,24)/t9-/m0/s1. The molecule has 0 aliphatic heterocycles. The molecule has 0 heterocycles. The van der Waals surface area contributed by atoms with Crippen molar-refractivity contribution in [3.63, 3.8) is 0 Å². The number of carbonyl (C=O) groups is 2. The van der Waals surface area contributed by atoms with Crippen molar-refractivity contribution < 1.29 is 22.7 Å². The Hall–Kier alpha value is -2.13. The quantitative estimate of drug-likeness (QED) is 0.726. The van der Waals surface area contributed by atoms with Crippen molar-refractivity contribution in [1.82, 2.24) is 0 Å². The molecule has 0 radical (unpaired) electrons. The number of halogens is 2. The predicted octanol–water partition coefficient (Wildman–Crippen LogP) is 2.82. The number of ether oxygens (including phenoxy) is 1. The fraction of sp³-hybridized carbons (Fsp3) is 0.125. The molecule has 0 spiro atoms. The summed E-state index contributed by atoms with van der Waals surface area (Å²) in [6.45, 7) is 1.39. The molecule has 0 bridgehead atoms. The molecular weight excluding hydrogens is 403 g/mol. The SMILES string of the molecule is C[C@H](OC(=O)c1ccc(Cl)c(Cl)c1)C(=O)Nc1ccc(S(N)(=O)=O)cc1. The highest BCUT2D eigenvalue weighted by atomic mass is 35.5. The van der Waals surface area contributed by atoms with Gasteiger partial charge < -0.3 is 10.1 Å². The first-order valence-corrected chi connectivity index (χ1v) is 9.48. The zero-order chi connectivity index (χ0) is 19.5. The van der Waals surface area contributed by atoms with Gasteiger partial charge in [0, 0.05) is 5.69 Å². The summed E-state index contributed by atoms with van der Waals surface area (Å²) in [4.78, 5) is 24.1. The summed E-state index contributed by atoms with van der Waals surface area (Å²) < 4.78 is 27.5. The van der Waals surface area contributed by atoms with Crippen molar-refractivity contribution in [3.8, 4) is 0 Å². The fourth-order valence-electron chi connectivity index (χ4n) is 1.88. The number of esters is 1. The van der Waals surface area contributed by atoms with E-state index in [1.165, 1.54) is 49.4 Å². The van der Waals surface area contributed by atoms with E-state index in [0.717, 1.165) is 0 Å². The van der Waals surface area contributed by atoms with Crippen LogP contribution in [0.15, 0.2) is 47.4 Å². The highest BCUT2D eigenvalue weighted by molar-refractivity contribution is 7.89. The number of primary sulfonamides is 1. The van der Waals surface area contributed by atoms with Crippen LogP contribution in [-0.4, -0.2) is 26.4 Å². The largest absolute Gasteiger partial charge is 0.449 e. The number of carbonyl (C=O) groups excluding carboxylic acids is 2. The van der Waals surface area contributed by atoms with Crippen LogP contribution in [0, 0.1) is 0 Å². The number of benzene rings is 2. The van der Waals surface area contributed by atoms with E-state index >= 15 is 0 Å². The van der Waals surface area contributed by atoms with E-state index in [1.54, 1.807) is 0 Å². The maximum Gasteiger partial charge on any atom is 0.338 e. The van der Waals surface area contributed by atoms with Crippen LogP contribution in [0.2, 0.25) is 10.0 Å². The first kappa shape index (κ1) is 20.2. The summed E-state index contributed by atoms with van der Waals surface area (Å²) in [6, 6.07) is 9.43. The number of rotatable bonds is 5. The van der Waals surface area contributed by atoms with Gasteiger partial charge in [-0.3, -0.25) is 4.79 Å². The Morgan fingerprint density at radius 2 is 1.69 bits per heavy atom. The molecule has 1 atom stereocenters. The molecule has 0 fully saturated rings. The van der Waals surface area contributed by atoms with Gasteiger partial charge in [-0.2, -0.15) is 0 Å². The zero-order valence-electron chi connectivity index (χ0n) is 13.4. The van der Waals surface area contributed by atoms with Crippen molar-refractivity contribution in [2.45, 2.75) is 17.9 Å². The summed E-state index contributed by atoms with van der Waals surface area (Å²) in [7, 11) is -3.82. The third-order valence-corrected chi connectivity index (χ3v) is 4.93. The van der Waals surface area contributed by atoms with Crippen LogP contribution >= 0.6 is 23.2 Å².